The van der Waals surface area contributed by atoms with Crippen molar-refractivity contribution in [1.29, 1.82) is 0 Å². The first-order chi connectivity index (χ1) is 13.0. The van der Waals surface area contributed by atoms with Crippen LogP contribution in [-0.2, 0) is 4.79 Å². The lowest BCUT2D eigenvalue weighted by Crippen LogP contribution is -2.56. The second kappa shape index (κ2) is 8.96. The van der Waals surface area contributed by atoms with Crippen LogP contribution in [0, 0.1) is 11.8 Å². The lowest BCUT2D eigenvalue weighted by Gasteiger charge is -2.40. The second-order valence-electron chi connectivity index (χ2n) is 8.28. The van der Waals surface area contributed by atoms with E-state index < -0.39 is 0 Å². The van der Waals surface area contributed by atoms with Crippen LogP contribution in [0.2, 0.25) is 0 Å². The van der Waals surface area contributed by atoms with Gasteiger partial charge in [-0.3, -0.25) is 9.69 Å². The van der Waals surface area contributed by atoms with Crippen LogP contribution in [-0.4, -0.2) is 56.2 Å². The molecule has 1 saturated heterocycles. The topological polar surface area (TPSA) is 44.8 Å². The minimum atomic E-state index is -0.0677. The molecule has 27 heavy (non-hydrogen) atoms. The third kappa shape index (κ3) is 4.75. The smallest absolute Gasteiger partial charge is 0.237 e. The number of anilines is 1. The summed E-state index contributed by atoms with van der Waals surface area (Å²) >= 11 is 0. The minimum absolute atomic E-state index is 0.0677. The number of benzene rings is 1. The molecule has 0 aromatic heterocycles. The van der Waals surface area contributed by atoms with Gasteiger partial charge in [-0.25, -0.2) is 0 Å². The van der Waals surface area contributed by atoms with Crippen molar-refractivity contribution in [2.75, 3.05) is 38.2 Å². The number of nitrogens with one attached hydrogen (secondary N) is 1. The largest absolute Gasteiger partial charge is 0.497 e. The maximum absolute atomic E-state index is 12.8. The maximum atomic E-state index is 12.8. The van der Waals surface area contributed by atoms with Gasteiger partial charge in [-0.05, 0) is 37.3 Å². The molecule has 0 radical (unpaired) electrons. The van der Waals surface area contributed by atoms with Crippen LogP contribution in [0.15, 0.2) is 24.3 Å². The number of piperazine rings is 1. The first kappa shape index (κ1) is 20.0. The van der Waals surface area contributed by atoms with Crippen molar-refractivity contribution >= 4 is 11.6 Å². The van der Waals surface area contributed by atoms with E-state index in [1.54, 1.807) is 7.11 Å². The fraction of sp³-hybridized carbons (Fsp3) is 0.682. The Morgan fingerprint density at radius 1 is 1.19 bits per heavy atom. The quantitative estimate of drug-likeness (QED) is 0.861. The fourth-order valence-corrected chi connectivity index (χ4v) is 4.43. The summed E-state index contributed by atoms with van der Waals surface area (Å²) in [7, 11) is 1.70. The van der Waals surface area contributed by atoms with Crippen LogP contribution in [0.1, 0.15) is 40.0 Å². The van der Waals surface area contributed by atoms with E-state index >= 15 is 0 Å². The number of nitrogens with zero attached hydrogens (tertiary/aromatic N) is 2. The van der Waals surface area contributed by atoms with Gasteiger partial charge in [-0.2, -0.15) is 0 Å². The molecule has 1 N–H and O–H groups in total. The predicted molar refractivity (Wildman–Crippen MR) is 110 cm³/mol. The molecule has 1 aliphatic heterocycles. The monoisotopic (exact) mass is 373 g/mol. The van der Waals surface area contributed by atoms with Gasteiger partial charge in [-0.1, -0.05) is 32.8 Å². The Balaban J connectivity index is 1.51. The number of rotatable bonds is 5. The Bertz CT molecular complexity index is 628. The number of ether oxygens (including phenoxy) is 1. The number of carbonyl (C=O) groups is 1. The van der Waals surface area contributed by atoms with Crippen LogP contribution in [0.4, 0.5) is 5.69 Å². The Kier molecular flexibility index (Phi) is 6.64. The summed E-state index contributed by atoms with van der Waals surface area (Å²) < 4.78 is 5.33. The zero-order chi connectivity index (χ0) is 19.4. The molecular formula is C22H35N3O2. The fourth-order valence-electron chi connectivity index (χ4n) is 4.43. The van der Waals surface area contributed by atoms with E-state index in [2.05, 4.69) is 41.1 Å². The zero-order valence-corrected chi connectivity index (χ0v) is 17.3. The van der Waals surface area contributed by atoms with Crippen molar-refractivity contribution in [1.82, 2.24) is 10.2 Å². The van der Waals surface area contributed by atoms with E-state index in [9.17, 15) is 4.79 Å². The van der Waals surface area contributed by atoms with E-state index in [0.717, 1.165) is 38.3 Å². The average molecular weight is 374 g/mol. The van der Waals surface area contributed by atoms with E-state index in [1.165, 1.54) is 18.5 Å². The summed E-state index contributed by atoms with van der Waals surface area (Å²) in [6.45, 7) is 10.3. The molecule has 0 spiro atoms. The number of hydrogen-bond acceptors (Lipinski definition) is 4. The number of methoxy groups -OCH3 is 1. The van der Waals surface area contributed by atoms with E-state index in [0.29, 0.717) is 17.9 Å². The van der Waals surface area contributed by atoms with Gasteiger partial charge >= 0.3 is 0 Å². The summed E-state index contributed by atoms with van der Waals surface area (Å²) in [5, 5.41) is 3.34. The van der Waals surface area contributed by atoms with Crippen molar-refractivity contribution in [2.24, 2.45) is 11.8 Å². The Hall–Kier alpha value is -1.75. The lowest BCUT2D eigenvalue weighted by atomic mass is 9.78. The van der Waals surface area contributed by atoms with Crippen LogP contribution in [0.5, 0.6) is 5.75 Å². The average Bonchev–Trinajstić information content (AvgIpc) is 2.71. The Morgan fingerprint density at radius 3 is 2.63 bits per heavy atom. The summed E-state index contributed by atoms with van der Waals surface area (Å²) in [6, 6.07) is 8.48. The number of amides is 1. The standard InChI is InChI=1S/C22H35N3O2/c1-16-7-5-10-21(17(16)2)23-22(26)18(3)24-11-13-25(14-12-24)19-8-6-9-20(15-19)27-4/h6,8-9,15-18,21H,5,7,10-14H2,1-4H3,(H,23,26)/t16-,17+,18+,21-/m0/s1. The highest BCUT2D eigenvalue weighted by molar-refractivity contribution is 5.81. The summed E-state index contributed by atoms with van der Waals surface area (Å²) in [5.41, 5.74) is 1.19. The van der Waals surface area contributed by atoms with Crippen molar-refractivity contribution in [3.05, 3.63) is 24.3 Å². The van der Waals surface area contributed by atoms with Gasteiger partial charge in [-0.15, -0.1) is 0 Å². The van der Waals surface area contributed by atoms with E-state index in [4.69, 9.17) is 4.74 Å². The van der Waals surface area contributed by atoms with Gasteiger partial charge in [0.1, 0.15) is 5.75 Å². The molecule has 0 unspecified atom stereocenters. The molecule has 3 rings (SSSR count). The molecule has 0 bridgehead atoms. The van der Waals surface area contributed by atoms with Gasteiger partial charge in [0.05, 0.1) is 13.2 Å². The number of hydrogen-bond donors (Lipinski definition) is 1. The van der Waals surface area contributed by atoms with Crippen molar-refractivity contribution in [3.63, 3.8) is 0 Å². The van der Waals surface area contributed by atoms with Crippen LogP contribution in [0.3, 0.4) is 0 Å². The second-order valence-corrected chi connectivity index (χ2v) is 8.28. The molecule has 1 aliphatic carbocycles. The molecule has 1 heterocycles. The van der Waals surface area contributed by atoms with Crippen molar-refractivity contribution in [3.8, 4) is 5.75 Å². The Morgan fingerprint density at radius 2 is 1.93 bits per heavy atom. The summed E-state index contributed by atoms with van der Waals surface area (Å²) in [4.78, 5) is 17.5. The first-order valence-corrected chi connectivity index (χ1v) is 10.4. The molecule has 4 atom stereocenters. The molecule has 1 aromatic rings. The molecule has 1 amide bonds. The molecule has 1 aromatic carbocycles. The van der Waals surface area contributed by atoms with Gasteiger partial charge in [0.25, 0.3) is 0 Å². The Labute approximate surface area is 164 Å². The highest BCUT2D eigenvalue weighted by Gasteiger charge is 2.31. The van der Waals surface area contributed by atoms with E-state index in [-0.39, 0.29) is 11.9 Å². The minimum Gasteiger partial charge on any atom is -0.497 e. The van der Waals surface area contributed by atoms with Gasteiger partial charge in [0.15, 0.2) is 0 Å². The lowest BCUT2D eigenvalue weighted by molar-refractivity contribution is -0.127. The normalized spacial score (nSPS) is 27.9. The molecule has 5 nitrogen and oxygen atoms in total. The van der Waals surface area contributed by atoms with Crippen LogP contribution >= 0.6 is 0 Å². The molecule has 2 fully saturated rings. The zero-order valence-electron chi connectivity index (χ0n) is 17.3. The molecular weight excluding hydrogens is 338 g/mol. The van der Waals surface area contributed by atoms with Gasteiger partial charge in [0.2, 0.25) is 5.91 Å². The molecule has 150 valence electrons. The van der Waals surface area contributed by atoms with Gasteiger partial charge < -0.3 is 15.0 Å². The predicted octanol–water partition coefficient (Wildman–Crippen LogP) is 3.15. The highest BCUT2D eigenvalue weighted by Crippen LogP contribution is 2.29. The van der Waals surface area contributed by atoms with Crippen molar-refractivity contribution < 1.29 is 9.53 Å². The van der Waals surface area contributed by atoms with Crippen molar-refractivity contribution in [2.45, 2.75) is 52.1 Å². The summed E-state index contributed by atoms with van der Waals surface area (Å²) in [5.74, 6) is 2.35. The van der Waals surface area contributed by atoms with E-state index in [1.807, 2.05) is 19.1 Å². The third-order valence-electron chi connectivity index (χ3n) is 6.69. The molecule has 1 saturated carbocycles. The third-order valence-corrected chi connectivity index (χ3v) is 6.69. The SMILES string of the molecule is COc1cccc(N2CCN([C@H](C)C(=O)N[C@H]3CCC[C@H](C)[C@H]3C)CC2)c1. The van der Waals surface area contributed by atoms with Gasteiger partial charge in [0, 0.05) is 44.0 Å². The first-order valence-electron chi connectivity index (χ1n) is 10.4. The highest BCUT2D eigenvalue weighted by atomic mass is 16.5. The molecule has 5 heteroatoms. The number of carbonyl (C=O) groups excluding carboxylic acids is 1. The van der Waals surface area contributed by atoms with Crippen LogP contribution < -0.4 is 15.0 Å². The maximum Gasteiger partial charge on any atom is 0.237 e. The molecule has 2 aliphatic rings. The summed E-state index contributed by atoms with van der Waals surface area (Å²) in [6.07, 6.45) is 3.63. The van der Waals surface area contributed by atoms with Crippen LogP contribution in [0.25, 0.3) is 0 Å².